The maximum Gasteiger partial charge on any atom is 0.326 e. The van der Waals surface area contributed by atoms with E-state index >= 15 is 0 Å². The second kappa shape index (κ2) is 6.96. The average Bonchev–Trinajstić information content (AvgIpc) is 2.71. The summed E-state index contributed by atoms with van der Waals surface area (Å²) >= 11 is 0. The molecule has 7 heteroatoms. The van der Waals surface area contributed by atoms with Crippen LogP contribution >= 0.6 is 0 Å². The third-order valence-corrected chi connectivity index (χ3v) is 2.90. The molecule has 1 unspecified atom stereocenters. The summed E-state index contributed by atoms with van der Waals surface area (Å²) in [7, 11) is 0. The maximum atomic E-state index is 11.6. The number of amides is 3. The van der Waals surface area contributed by atoms with Crippen molar-refractivity contribution in [3.63, 3.8) is 0 Å². The van der Waals surface area contributed by atoms with Gasteiger partial charge in [-0.1, -0.05) is 13.8 Å². The van der Waals surface area contributed by atoms with Crippen molar-refractivity contribution in [2.75, 3.05) is 6.54 Å². The molecule has 19 heavy (non-hydrogen) atoms. The predicted octanol–water partition coefficient (Wildman–Crippen LogP) is 0.0635. The summed E-state index contributed by atoms with van der Waals surface area (Å²) in [5, 5.41) is 16.7. The van der Waals surface area contributed by atoms with Crippen LogP contribution in [0.2, 0.25) is 0 Å². The van der Waals surface area contributed by atoms with Crippen LogP contribution in [0, 0.1) is 5.92 Å². The van der Waals surface area contributed by atoms with Gasteiger partial charge in [0.1, 0.15) is 6.04 Å². The lowest BCUT2D eigenvalue weighted by Gasteiger charge is -2.18. The van der Waals surface area contributed by atoms with Crippen molar-refractivity contribution in [3.05, 3.63) is 0 Å². The van der Waals surface area contributed by atoms with Gasteiger partial charge in [-0.2, -0.15) is 0 Å². The molecule has 3 amide bonds. The molecule has 1 heterocycles. The van der Waals surface area contributed by atoms with Crippen LogP contribution in [0.4, 0.5) is 4.79 Å². The molecule has 1 aliphatic rings. The van der Waals surface area contributed by atoms with Crippen LogP contribution in [0.1, 0.15) is 33.1 Å². The quantitative estimate of drug-likeness (QED) is 0.548. The smallest absolute Gasteiger partial charge is 0.326 e. The lowest BCUT2D eigenvalue weighted by atomic mass is 10.0. The van der Waals surface area contributed by atoms with Crippen molar-refractivity contribution in [2.45, 2.75) is 45.2 Å². The maximum absolute atomic E-state index is 11.6. The van der Waals surface area contributed by atoms with E-state index in [0.717, 1.165) is 0 Å². The molecule has 0 saturated carbocycles. The first-order chi connectivity index (χ1) is 8.88. The van der Waals surface area contributed by atoms with Crippen LogP contribution in [-0.4, -0.2) is 41.6 Å². The Morgan fingerprint density at radius 2 is 2.16 bits per heavy atom. The van der Waals surface area contributed by atoms with Crippen LogP contribution in [-0.2, 0) is 9.59 Å². The fraction of sp³-hybridized carbons (Fsp3) is 0.750. The Bertz CT molecular complexity index is 357. The van der Waals surface area contributed by atoms with E-state index in [-0.39, 0.29) is 17.9 Å². The van der Waals surface area contributed by atoms with Gasteiger partial charge in [-0.3, -0.25) is 4.79 Å². The molecule has 1 saturated heterocycles. The van der Waals surface area contributed by atoms with Crippen LogP contribution < -0.4 is 16.0 Å². The number of hydrogen-bond acceptors (Lipinski definition) is 3. The number of aliphatic carboxylic acids is 1. The van der Waals surface area contributed by atoms with Gasteiger partial charge >= 0.3 is 12.0 Å². The third-order valence-electron chi connectivity index (χ3n) is 2.90. The monoisotopic (exact) mass is 271 g/mol. The Balaban J connectivity index is 2.32. The van der Waals surface area contributed by atoms with Gasteiger partial charge in [0, 0.05) is 19.0 Å². The molecule has 0 spiro atoms. The highest BCUT2D eigenvalue weighted by Gasteiger charge is 2.23. The first-order valence-electron chi connectivity index (χ1n) is 6.45. The Kier molecular flexibility index (Phi) is 5.59. The van der Waals surface area contributed by atoms with Gasteiger partial charge in [0.05, 0.1) is 0 Å². The zero-order chi connectivity index (χ0) is 14.4. The molecule has 0 aliphatic carbocycles. The Morgan fingerprint density at radius 1 is 1.47 bits per heavy atom. The van der Waals surface area contributed by atoms with Gasteiger partial charge in [0.15, 0.2) is 0 Å². The molecule has 1 rings (SSSR count). The van der Waals surface area contributed by atoms with E-state index in [9.17, 15) is 14.4 Å². The second-order valence-electron chi connectivity index (χ2n) is 5.18. The zero-order valence-corrected chi connectivity index (χ0v) is 11.2. The van der Waals surface area contributed by atoms with E-state index in [0.29, 0.717) is 25.8 Å². The lowest BCUT2D eigenvalue weighted by molar-refractivity contribution is -0.139. The van der Waals surface area contributed by atoms with Gasteiger partial charge in [-0.15, -0.1) is 0 Å². The van der Waals surface area contributed by atoms with Crippen molar-refractivity contribution in [1.82, 2.24) is 16.0 Å². The van der Waals surface area contributed by atoms with E-state index in [1.807, 2.05) is 13.8 Å². The van der Waals surface area contributed by atoms with Crippen LogP contribution in [0.3, 0.4) is 0 Å². The SMILES string of the molecule is CC(C)C[C@@H](NC(=O)NCC1CCC(=O)N1)C(=O)O. The molecule has 1 fully saturated rings. The number of carboxylic acids is 1. The molecule has 0 bridgehead atoms. The fourth-order valence-electron chi connectivity index (χ4n) is 1.95. The third kappa shape index (κ3) is 5.58. The largest absolute Gasteiger partial charge is 0.480 e. The number of hydrogen-bond donors (Lipinski definition) is 4. The number of carbonyl (C=O) groups is 3. The lowest BCUT2D eigenvalue weighted by Crippen LogP contribution is -2.49. The summed E-state index contributed by atoms with van der Waals surface area (Å²) in [5.41, 5.74) is 0. The molecule has 1 aliphatic heterocycles. The highest BCUT2D eigenvalue weighted by atomic mass is 16.4. The number of carboxylic acid groups (broad SMARTS) is 1. The Morgan fingerprint density at radius 3 is 2.63 bits per heavy atom. The molecule has 0 aromatic heterocycles. The minimum atomic E-state index is -1.04. The van der Waals surface area contributed by atoms with Gasteiger partial charge in [-0.05, 0) is 18.8 Å². The molecule has 0 aromatic carbocycles. The van der Waals surface area contributed by atoms with Crippen molar-refractivity contribution >= 4 is 17.9 Å². The molecular formula is C12H21N3O4. The van der Waals surface area contributed by atoms with E-state index in [2.05, 4.69) is 16.0 Å². The predicted molar refractivity (Wildman–Crippen MR) is 68.6 cm³/mol. The highest BCUT2D eigenvalue weighted by Crippen LogP contribution is 2.06. The van der Waals surface area contributed by atoms with Crippen LogP contribution in [0.5, 0.6) is 0 Å². The van der Waals surface area contributed by atoms with Gasteiger partial charge < -0.3 is 21.1 Å². The summed E-state index contributed by atoms with van der Waals surface area (Å²) in [6, 6.07) is -1.47. The summed E-state index contributed by atoms with van der Waals surface area (Å²) in [4.78, 5) is 33.5. The van der Waals surface area contributed by atoms with Crippen molar-refractivity contribution < 1.29 is 19.5 Å². The first-order valence-corrected chi connectivity index (χ1v) is 6.45. The van der Waals surface area contributed by atoms with E-state index in [1.165, 1.54) is 0 Å². The number of nitrogens with one attached hydrogen (secondary N) is 3. The van der Waals surface area contributed by atoms with E-state index in [4.69, 9.17) is 5.11 Å². The van der Waals surface area contributed by atoms with Crippen molar-refractivity contribution in [1.29, 1.82) is 0 Å². The molecule has 0 radical (unpaired) electrons. The molecular weight excluding hydrogens is 250 g/mol. The Labute approximate surface area is 112 Å². The molecule has 7 nitrogen and oxygen atoms in total. The molecule has 4 N–H and O–H groups in total. The van der Waals surface area contributed by atoms with Crippen molar-refractivity contribution in [3.8, 4) is 0 Å². The molecule has 0 aromatic rings. The van der Waals surface area contributed by atoms with Gasteiger partial charge in [0.25, 0.3) is 0 Å². The fourth-order valence-corrected chi connectivity index (χ4v) is 1.95. The molecule has 2 atom stereocenters. The van der Waals surface area contributed by atoms with Crippen molar-refractivity contribution in [2.24, 2.45) is 5.92 Å². The van der Waals surface area contributed by atoms with E-state index in [1.54, 1.807) is 0 Å². The van der Waals surface area contributed by atoms with Crippen LogP contribution in [0.15, 0.2) is 0 Å². The van der Waals surface area contributed by atoms with E-state index < -0.39 is 18.0 Å². The van der Waals surface area contributed by atoms with Crippen LogP contribution in [0.25, 0.3) is 0 Å². The summed E-state index contributed by atoms with van der Waals surface area (Å²) in [6.45, 7) is 4.10. The van der Waals surface area contributed by atoms with Gasteiger partial charge in [-0.25, -0.2) is 9.59 Å². The summed E-state index contributed by atoms with van der Waals surface area (Å²) in [6.07, 6.45) is 1.54. The summed E-state index contributed by atoms with van der Waals surface area (Å²) in [5.74, 6) is -0.885. The summed E-state index contributed by atoms with van der Waals surface area (Å²) < 4.78 is 0. The standard InChI is InChI=1S/C12H21N3O4/c1-7(2)5-9(11(17)18)15-12(19)13-6-8-3-4-10(16)14-8/h7-9H,3-6H2,1-2H3,(H,14,16)(H,17,18)(H2,13,15,19)/t8?,9-/m1/s1. The number of carbonyl (C=O) groups excluding carboxylic acids is 2. The number of rotatable bonds is 6. The van der Waals surface area contributed by atoms with Gasteiger partial charge in [0.2, 0.25) is 5.91 Å². The zero-order valence-electron chi connectivity index (χ0n) is 11.2. The minimum Gasteiger partial charge on any atom is -0.480 e. The first kappa shape index (κ1) is 15.3. The normalized spacial score (nSPS) is 19.9. The number of urea groups is 1. The topological polar surface area (TPSA) is 108 Å². The second-order valence-corrected chi connectivity index (χ2v) is 5.18. The average molecular weight is 271 g/mol. The Hall–Kier alpha value is -1.79. The molecule has 108 valence electrons. The minimum absolute atomic E-state index is 0.0181. The highest BCUT2D eigenvalue weighted by molar-refractivity contribution is 5.82.